The summed E-state index contributed by atoms with van der Waals surface area (Å²) >= 11 is 0. The normalized spacial score (nSPS) is 14.9. The van der Waals surface area contributed by atoms with Crippen LogP contribution in [0.2, 0.25) is 0 Å². The smallest absolute Gasteiger partial charge is 0.261 e. The van der Waals surface area contributed by atoms with Crippen LogP contribution in [0.4, 0.5) is 17.1 Å². The van der Waals surface area contributed by atoms with E-state index in [1.165, 1.54) is 14.7 Å². The molecule has 0 spiro atoms. The molecule has 10 nitrogen and oxygen atoms in total. The van der Waals surface area contributed by atoms with Gasteiger partial charge < -0.3 is 4.90 Å². The van der Waals surface area contributed by atoms with Crippen LogP contribution in [0.5, 0.6) is 0 Å². The SMILES string of the molecule is CCCCC(CC)CN1C(=O)c2cccc3c(/C=C/c4ccc(N(c5ccc(/C=C/c6ccc7c8c(cccc68)C(=O)N(CC(CC)CCCC)C7=O)cc5)c5ccc(/C=C/c6ccc7c8c(cccc68)C(=O)N(CC(CC)CCCC)C7=O)cc5)cc4)ccc(c23)C1=O. The molecule has 0 fully saturated rings. The number of carbonyl (C=O) groups excluding carboxylic acids is 6. The maximum atomic E-state index is 14.0. The average molecular weight is 1250 g/mol. The molecule has 476 valence electrons. The number of amides is 6. The zero-order chi connectivity index (χ0) is 65.6. The number of carbonyl (C=O) groups is 6. The van der Waals surface area contributed by atoms with Crippen LogP contribution in [0.3, 0.4) is 0 Å². The summed E-state index contributed by atoms with van der Waals surface area (Å²) in [6.45, 7) is 14.2. The molecule has 12 rings (SSSR count). The van der Waals surface area contributed by atoms with Crippen LogP contribution in [-0.2, 0) is 0 Å². The molecule has 0 aromatic heterocycles. The first kappa shape index (κ1) is 64.3. The fourth-order valence-electron chi connectivity index (χ4n) is 14.2. The summed E-state index contributed by atoms with van der Waals surface area (Å²) in [6, 6.07) is 54.0. The summed E-state index contributed by atoms with van der Waals surface area (Å²) in [7, 11) is 0. The Morgan fingerprint density at radius 2 is 0.564 bits per heavy atom. The lowest BCUT2D eigenvalue weighted by Crippen LogP contribution is -2.43. The van der Waals surface area contributed by atoms with Crippen LogP contribution in [0.15, 0.2) is 164 Å². The van der Waals surface area contributed by atoms with Crippen molar-refractivity contribution in [3.63, 3.8) is 0 Å². The topological polar surface area (TPSA) is 115 Å². The standard InChI is InChI=1S/C84H84N4O6/c1-7-13-19-55(10-4)52-85-79(89)70-25-16-22-67-61(40-49-73(76(67)70)82(85)92)37-28-58-31-43-64(44-32-58)88(65-45-33-59(34-46-65)29-38-62-41-50-74-77-68(62)23-17-26-71(77)80(90)86(83(74)93)53-56(11-5)20-14-8-2)66-47-35-60(36-48-66)30-39-63-42-51-75-78-69(63)24-18-27-72(78)81(91)87(84(75)94)54-57(12-6)21-15-9-3/h16-18,22-51,55-57H,7-15,19-21,52-54H2,1-6H3/b37-28+,38-29+,39-30+. The van der Waals surface area contributed by atoms with Gasteiger partial charge in [-0.1, -0.05) is 227 Å². The van der Waals surface area contributed by atoms with Crippen molar-refractivity contribution in [3.8, 4) is 0 Å². The van der Waals surface area contributed by atoms with E-state index in [9.17, 15) is 28.8 Å². The lowest BCUT2D eigenvalue weighted by atomic mass is 9.90. The summed E-state index contributed by atoms with van der Waals surface area (Å²) in [5.74, 6) is -0.562. The molecule has 9 aromatic carbocycles. The third kappa shape index (κ3) is 12.7. The second-order valence-electron chi connectivity index (χ2n) is 25.8. The van der Waals surface area contributed by atoms with Crippen LogP contribution in [0, 0.1) is 17.8 Å². The van der Waals surface area contributed by atoms with Crippen LogP contribution in [0.1, 0.15) is 214 Å². The average Bonchev–Trinajstić information content (AvgIpc) is 0.758. The molecule has 3 aliphatic rings. The van der Waals surface area contributed by atoms with E-state index in [2.05, 4.69) is 156 Å². The van der Waals surface area contributed by atoms with E-state index < -0.39 is 0 Å². The van der Waals surface area contributed by atoms with Gasteiger partial charge in [0.2, 0.25) is 0 Å². The zero-order valence-corrected chi connectivity index (χ0v) is 55.1. The number of imide groups is 3. The van der Waals surface area contributed by atoms with Crippen LogP contribution in [0.25, 0.3) is 68.8 Å². The van der Waals surface area contributed by atoms with Crippen molar-refractivity contribution in [2.75, 3.05) is 24.5 Å². The number of nitrogens with zero attached hydrogens (tertiary/aromatic N) is 4. The monoisotopic (exact) mass is 1240 g/mol. The maximum absolute atomic E-state index is 14.0. The summed E-state index contributed by atoms with van der Waals surface area (Å²) in [6.07, 6.45) is 24.5. The number of hydrogen-bond acceptors (Lipinski definition) is 7. The molecule has 6 amide bonds. The van der Waals surface area contributed by atoms with E-state index >= 15 is 0 Å². The molecule has 10 heteroatoms. The van der Waals surface area contributed by atoms with E-state index in [4.69, 9.17) is 0 Å². The highest BCUT2D eigenvalue weighted by molar-refractivity contribution is 6.28. The van der Waals surface area contributed by atoms with Gasteiger partial charge in [0, 0.05) is 86.2 Å². The van der Waals surface area contributed by atoms with Gasteiger partial charge in [-0.05, 0) is 159 Å². The predicted octanol–water partition coefficient (Wildman–Crippen LogP) is 20.6. The molecule has 3 aliphatic heterocycles. The Hall–Kier alpha value is -9.80. The van der Waals surface area contributed by atoms with Gasteiger partial charge in [0.1, 0.15) is 0 Å². The highest BCUT2D eigenvalue weighted by Gasteiger charge is 2.37. The zero-order valence-electron chi connectivity index (χ0n) is 55.1. The molecular formula is C84H84N4O6. The van der Waals surface area contributed by atoms with Crippen LogP contribution in [-0.4, -0.2) is 69.8 Å². The molecule has 94 heavy (non-hydrogen) atoms. The van der Waals surface area contributed by atoms with Gasteiger partial charge in [-0.3, -0.25) is 43.5 Å². The Balaban J connectivity index is 0.827. The van der Waals surface area contributed by atoms with E-state index in [-0.39, 0.29) is 53.2 Å². The fourth-order valence-corrected chi connectivity index (χ4v) is 14.2. The Morgan fingerprint density at radius 1 is 0.309 bits per heavy atom. The minimum Gasteiger partial charge on any atom is -0.311 e. The first-order valence-electron chi connectivity index (χ1n) is 34.3. The van der Waals surface area contributed by atoms with E-state index in [1.807, 2.05) is 91.0 Å². The Labute approximate surface area is 553 Å². The summed E-state index contributed by atoms with van der Waals surface area (Å²) in [4.78, 5) is 90.9. The van der Waals surface area contributed by atoms with Crippen molar-refractivity contribution in [2.45, 2.75) is 119 Å². The molecule has 0 radical (unpaired) electrons. The van der Waals surface area contributed by atoms with Gasteiger partial charge in [0.25, 0.3) is 35.4 Å². The lowest BCUT2D eigenvalue weighted by molar-refractivity contribution is 0.0565. The molecule has 9 aromatic rings. The fraction of sp³-hybridized carbons (Fsp3) is 0.286. The number of anilines is 3. The van der Waals surface area contributed by atoms with Gasteiger partial charge in [-0.2, -0.15) is 0 Å². The predicted molar refractivity (Wildman–Crippen MR) is 386 cm³/mol. The van der Waals surface area contributed by atoms with Gasteiger partial charge in [-0.15, -0.1) is 0 Å². The van der Waals surface area contributed by atoms with Gasteiger partial charge in [0.05, 0.1) is 0 Å². The van der Waals surface area contributed by atoms with Crippen molar-refractivity contribution in [2.24, 2.45) is 17.8 Å². The highest BCUT2D eigenvalue weighted by Crippen LogP contribution is 2.40. The van der Waals surface area contributed by atoms with Crippen molar-refractivity contribution < 1.29 is 28.8 Å². The first-order chi connectivity index (χ1) is 45.9. The third-order valence-electron chi connectivity index (χ3n) is 19.8. The summed E-state index contributed by atoms with van der Waals surface area (Å²) in [5.41, 5.74) is 11.8. The van der Waals surface area contributed by atoms with E-state index in [0.717, 1.165) is 144 Å². The summed E-state index contributed by atoms with van der Waals surface area (Å²) in [5, 5.41) is 4.71. The summed E-state index contributed by atoms with van der Waals surface area (Å²) < 4.78 is 0. The van der Waals surface area contributed by atoms with E-state index in [0.29, 0.717) is 69.2 Å². The Morgan fingerprint density at radius 3 is 0.809 bits per heavy atom. The molecule has 3 atom stereocenters. The number of unbranched alkanes of at least 4 members (excludes halogenated alkanes) is 3. The van der Waals surface area contributed by atoms with Crippen molar-refractivity contribution >= 4 is 121 Å². The van der Waals surface area contributed by atoms with Gasteiger partial charge >= 0.3 is 0 Å². The molecular weight excluding hydrogens is 1160 g/mol. The van der Waals surface area contributed by atoms with Crippen molar-refractivity contribution in [1.29, 1.82) is 0 Å². The van der Waals surface area contributed by atoms with E-state index in [1.54, 1.807) is 0 Å². The minimum atomic E-state index is -0.225. The van der Waals surface area contributed by atoms with Crippen molar-refractivity contribution in [1.82, 2.24) is 14.7 Å². The van der Waals surface area contributed by atoms with Crippen molar-refractivity contribution in [3.05, 3.63) is 231 Å². The maximum Gasteiger partial charge on any atom is 0.261 e. The lowest BCUT2D eigenvalue weighted by Gasteiger charge is -2.30. The largest absolute Gasteiger partial charge is 0.311 e. The molecule has 0 N–H and O–H groups in total. The third-order valence-corrected chi connectivity index (χ3v) is 19.8. The second kappa shape index (κ2) is 28.6. The molecule has 0 bridgehead atoms. The van der Waals surface area contributed by atoms with Crippen LogP contribution < -0.4 is 4.90 Å². The van der Waals surface area contributed by atoms with Gasteiger partial charge in [-0.25, -0.2) is 0 Å². The first-order valence-corrected chi connectivity index (χ1v) is 34.3. The molecule has 0 aliphatic carbocycles. The van der Waals surface area contributed by atoms with Gasteiger partial charge in [0.15, 0.2) is 0 Å². The molecule has 3 unspecified atom stereocenters. The number of hydrogen-bond donors (Lipinski definition) is 0. The molecule has 0 saturated heterocycles. The Bertz CT molecular complexity index is 3960. The quantitative estimate of drug-likeness (QED) is 0.0372. The number of rotatable bonds is 27. The Kier molecular flexibility index (Phi) is 19.6. The minimum absolute atomic E-state index is 0.225. The second-order valence-corrected chi connectivity index (χ2v) is 25.8. The molecule has 3 heterocycles. The number of benzene rings is 9. The van der Waals surface area contributed by atoms with Crippen LogP contribution >= 0.6 is 0 Å². The molecule has 0 saturated carbocycles. The highest BCUT2D eigenvalue weighted by atomic mass is 16.2.